The van der Waals surface area contributed by atoms with Gasteiger partial charge in [-0.3, -0.25) is 0 Å². The zero-order valence-corrected chi connectivity index (χ0v) is 7.86. The van der Waals surface area contributed by atoms with E-state index in [4.69, 9.17) is 11.6 Å². The summed E-state index contributed by atoms with van der Waals surface area (Å²) >= 11 is 5.91. The Morgan fingerprint density at radius 3 is 3.17 bits per heavy atom. The lowest BCUT2D eigenvalue weighted by Gasteiger charge is -2.23. The molecule has 1 nitrogen and oxygen atoms in total. The quantitative estimate of drug-likeness (QED) is 0.648. The number of halogens is 1. The fourth-order valence-corrected chi connectivity index (χ4v) is 1.86. The molecule has 0 bridgehead atoms. The SMILES string of the molecule is C[C@@H]1CCNc2ccc(Cl)cc21. The summed E-state index contributed by atoms with van der Waals surface area (Å²) in [6, 6.07) is 6.06. The molecule has 1 aromatic rings. The summed E-state index contributed by atoms with van der Waals surface area (Å²) in [5.41, 5.74) is 2.60. The molecule has 1 N–H and O–H groups in total. The van der Waals surface area contributed by atoms with Gasteiger partial charge < -0.3 is 5.32 Å². The normalized spacial score (nSPS) is 21.3. The van der Waals surface area contributed by atoms with Crippen molar-refractivity contribution < 1.29 is 0 Å². The number of hydrogen-bond acceptors (Lipinski definition) is 1. The van der Waals surface area contributed by atoms with Gasteiger partial charge in [-0.15, -0.1) is 0 Å². The smallest absolute Gasteiger partial charge is 0.0410 e. The Hall–Kier alpha value is -0.690. The van der Waals surface area contributed by atoms with Crippen LogP contribution < -0.4 is 5.32 Å². The average Bonchev–Trinajstić information content (AvgIpc) is 2.07. The van der Waals surface area contributed by atoms with Crippen LogP contribution in [0.15, 0.2) is 18.2 Å². The van der Waals surface area contributed by atoms with Crippen LogP contribution in [0.25, 0.3) is 0 Å². The van der Waals surface area contributed by atoms with E-state index in [1.165, 1.54) is 17.7 Å². The molecule has 1 aromatic carbocycles. The van der Waals surface area contributed by atoms with E-state index in [0.29, 0.717) is 5.92 Å². The lowest BCUT2D eigenvalue weighted by molar-refractivity contribution is 0.684. The maximum atomic E-state index is 5.91. The number of hydrogen-bond donors (Lipinski definition) is 1. The molecule has 1 heterocycles. The molecule has 0 radical (unpaired) electrons. The number of nitrogens with one attached hydrogen (secondary N) is 1. The zero-order chi connectivity index (χ0) is 8.55. The summed E-state index contributed by atoms with van der Waals surface area (Å²) in [5, 5.41) is 4.20. The fraction of sp³-hybridized carbons (Fsp3) is 0.400. The van der Waals surface area contributed by atoms with Crippen molar-refractivity contribution in [2.24, 2.45) is 0 Å². The van der Waals surface area contributed by atoms with E-state index in [-0.39, 0.29) is 0 Å². The second-order valence-corrected chi connectivity index (χ2v) is 3.78. The molecule has 0 aliphatic carbocycles. The van der Waals surface area contributed by atoms with Crippen LogP contribution in [0.1, 0.15) is 24.8 Å². The Labute approximate surface area is 77.7 Å². The van der Waals surface area contributed by atoms with Crippen LogP contribution in [0.4, 0.5) is 5.69 Å². The lowest BCUT2D eigenvalue weighted by atomic mass is 9.93. The highest BCUT2D eigenvalue weighted by Gasteiger charge is 2.15. The zero-order valence-electron chi connectivity index (χ0n) is 7.10. The standard InChI is InChI=1S/C10H12ClN/c1-7-4-5-12-10-3-2-8(11)6-9(7)10/h2-3,6-7,12H,4-5H2,1H3/t7-/m1/s1. The molecule has 0 fully saturated rings. The molecular formula is C10H12ClN. The van der Waals surface area contributed by atoms with Gasteiger partial charge in [-0.2, -0.15) is 0 Å². The summed E-state index contributed by atoms with van der Waals surface area (Å²) in [4.78, 5) is 0. The highest BCUT2D eigenvalue weighted by Crippen LogP contribution is 2.32. The van der Waals surface area contributed by atoms with Crippen LogP contribution >= 0.6 is 11.6 Å². The highest BCUT2D eigenvalue weighted by molar-refractivity contribution is 6.30. The largest absolute Gasteiger partial charge is 0.385 e. The Balaban J connectivity index is 2.47. The summed E-state index contributed by atoms with van der Waals surface area (Å²) in [6.45, 7) is 3.33. The molecule has 64 valence electrons. The molecule has 1 atom stereocenters. The van der Waals surface area contributed by atoms with Gasteiger partial charge in [-0.25, -0.2) is 0 Å². The van der Waals surface area contributed by atoms with Gasteiger partial charge in [0.05, 0.1) is 0 Å². The van der Waals surface area contributed by atoms with Gasteiger partial charge in [0.1, 0.15) is 0 Å². The van der Waals surface area contributed by atoms with Gasteiger partial charge >= 0.3 is 0 Å². The highest BCUT2D eigenvalue weighted by atomic mass is 35.5. The molecular weight excluding hydrogens is 170 g/mol. The molecule has 12 heavy (non-hydrogen) atoms. The summed E-state index contributed by atoms with van der Waals surface area (Å²) in [6.07, 6.45) is 1.20. The molecule has 0 spiro atoms. The minimum absolute atomic E-state index is 0.639. The third kappa shape index (κ3) is 1.29. The van der Waals surface area contributed by atoms with Crippen LogP contribution in [0.5, 0.6) is 0 Å². The van der Waals surface area contributed by atoms with Gasteiger partial charge in [-0.05, 0) is 36.1 Å². The van der Waals surface area contributed by atoms with Gasteiger partial charge in [0.2, 0.25) is 0 Å². The predicted molar refractivity (Wildman–Crippen MR) is 53.0 cm³/mol. The van der Waals surface area contributed by atoms with E-state index in [0.717, 1.165) is 11.6 Å². The summed E-state index contributed by atoms with van der Waals surface area (Å²) < 4.78 is 0. The first-order valence-electron chi connectivity index (χ1n) is 4.30. The van der Waals surface area contributed by atoms with Crippen molar-refractivity contribution in [3.8, 4) is 0 Å². The number of rotatable bonds is 0. The topological polar surface area (TPSA) is 12.0 Å². The molecule has 1 aliphatic heterocycles. The second-order valence-electron chi connectivity index (χ2n) is 3.35. The monoisotopic (exact) mass is 181 g/mol. The van der Waals surface area contributed by atoms with Crippen LogP contribution in [0.3, 0.4) is 0 Å². The molecule has 1 aliphatic rings. The van der Waals surface area contributed by atoms with E-state index in [1.54, 1.807) is 0 Å². The van der Waals surface area contributed by atoms with Crippen molar-refractivity contribution >= 4 is 17.3 Å². The molecule has 0 saturated heterocycles. The van der Waals surface area contributed by atoms with Gasteiger partial charge in [0, 0.05) is 17.3 Å². The Morgan fingerprint density at radius 1 is 1.50 bits per heavy atom. The molecule has 2 heteroatoms. The van der Waals surface area contributed by atoms with Gasteiger partial charge in [0.15, 0.2) is 0 Å². The maximum Gasteiger partial charge on any atom is 0.0410 e. The first-order valence-corrected chi connectivity index (χ1v) is 4.68. The number of fused-ring (bicyclic) bond motifs is 1. The number of anilines is 1. The van der Waals surface area contributed by atoms with Gasteiger partial charge in [0.25, 0.3) is 0 Å². The molecule has 0 amide bonds. The van der Waals surface area contributed by atoms with Crippen molar-refractivity contribution in [3.63, 3.8) is 0 Å². The summed E-state index contributed by atoms with van der Waals surface area (Å²) in [7, 11) is 0. The average molecular weight is 182 g/mol. The summed E-state index contributed by atoms with van der Waals surface area (Å²) in [5.74, 6) is 0.639. The minimum Gasteiger partial charge on any atom is -0.385 e. The van der Waals surface area contributed by atoms with Crippen LogP contribution in [0.2, 0.25) is 5.02 Å². The second kappa shape index (κ2) is 2.98. The van der Waals surface area contributed by atoms with Crippen LogP contribution in [-0.4, -0.2) is 6.54 Å². The maximum absolute atomic E-state index is 5.91. The fourth-order valence-electron chi connectivity index (χ4n) is 1.68. The molecule has 0 unspecified atom stereocenters. The van der Waals surface area contributed by atoms with Crippen molar-refractivity contribution in [2.45, 2.75) is 19.3 Å². The first-order chi connectivity index (χ1) is 5.77. The third-order valence-corrected chi connectivity index (χ3v) is 2.67. The third-order valence-electron chi connectivity index (χ3n) is 2.44. The van der Waals surface area contributed by atoms with E-state index in [2.05, 4.69) is 24.4 Å². The van der Waals surface area contributed by atoms with Crippen molar-refractivity contribution in [3.05, 3.63) is 28.8 Å². The number of benzene rings is 1. The van der Waals surface area contributed by atoms with Crippen molar-refractivity contribution in [1.82, 2.24) is 0 Å². The van der Waals surface area contributed by atoms with Crippen LogP contribution in [-0.2, 0) is 0 Å². The Kier molecular flexibility index (Phi) is 1.97. The van der Waals surface area contributed by atoms with E-state index >= 15 is 0 Å². The molecule has 2 rings (SSSR count). The lowest BCUT2D eigenvalue weighted by Crippen LogP contribution is -2.14. The van der Waals surface area contributed by atoms with Crippen molar-refractivity contribution in [2.75, 3.05) is 11.9 Å². The van der Waals surface area contributed by atoms with Gasteiger partial charge in [-0.1, -0.05) is 18.5 Å². The first kappa shape index (κ1) is 7.93. The molecule has 0 saturated carbocycles. The predicted octanol–water partition coefficient (Wildman–Crippen LogP) is 3.26. The molecule has 0 aromatic heterocycles. The minimum atomic E-state index is 0.639. The van der Waals surface area contributed by atoms with Crippen LogP contribution in [0, 0.1) is 0 Å². The van der Waals surface area contributed by atoms with E-state index in [1.807, 2.05) is 6.07 Å². The van der Waals surface area contributed by atoms with E-state index in [9.17, 15) is 0 Å². The Morgan fingerprint density at radius 2 is 2.33 bits per heavy atom. The van der Waals surface area contributed by atoms with E-state index < -0.39 is 0 Å². The Bertz CT molecular complexity index is 296. The van der Waals surface area contributed by atoms with Crippen molar-refractivity contribution in [1.29, 1.82) is 0 Å².